The summed E-state index contributed by atoms with van der Waals surface area (Å²) in [5.41, 5.74) is 2.28. The van der Waals surface area contributed by atoms with Crippen molar-refractivity contribution >= 4 is 11.6 Å². The number of hydrogen-bond donors (Lipinski definition) is 2. The maximum Gasteiger partial charge on any atom is 0.191 e. The van der Waals surface area contributed by atoms with E-state index in [1.807, 2.05) is 12.1 Å². The Morgan fingerprint density at radius 3 is 2.33 bits per heavy atom. The second-order valence-electron chi connectivity index (χ2n) is 7.36. The molecule has 1 aliphatic rings. The van der Waals surface area contributed by atoms with Gasteiger partial charge in [-0.3, -0.25) is 9.89 Å². The van der Waals surface area contributed by atoms with Gasteiger partial charge in [-0.25, -0.2) is 4.39 Å². The lowest BCUT2D eigenvalue weighted by Gasteiger charge is -2.36. The number of piperazine rings is 1. The van der Waals surface area contributed by atoms with Crippen LogP contribution in [0.25, 0.3) is 0 Å². The zero-order valence-electron chi connectivity index (χ0n) is 17.9. The van der Waals surface area contributed by atoms with E-state index in [0.29, 0.717) is 6.54 Å². The van der Waals surface area contributed by atoms with Crippen molar-refractivity contribution in [3.63, 3.8) is 0 Å². The van der Waals surface area contributed by atoms with E-state index in [1.54, 1.807) is 26.3 Å². The molecular formula is C23H32FN5O. The van der Waals surface area contributed by atoms with Crippen LogP contribution in [0.5, 0.6) is 5.75 Å². The largest absolute Gasteiger partial charge is 0.497 e. The minimum atomic E-state index is -0.217. The maximum atomic E-state index is 13.0. The molecule has 0 aliphatic carbocycles. The van der Waals surface area contributed by atoms with Gasteiger partial charge in [0.25, 0.3) is 0 Å². The molecule has 2 aromatic rings. The number of rotatable bonds is 8. The van der Waals surface area contributed by atoms with Crippen molar-refractivity contribution in [2.45, 2.75) is 13.0 Å². The van der Waals surface area contributed by atoms with Crippen LogP contribution >= 0.6 is 0 Å². The number of methoxy groups -OCH3 is 1. The molecule has 0 aromatic heterocycles. The van der Waals surface area contributed by atoms with Crippen LogP contribution in [0.2, 0.25) is 0 Å². The first-order chi connectivity index (χ1) is 14.7. The van der Waals surface area contributed by atoms with Crippen LogP contribution in [0.1, 0.15) is 12.0 Å². The van der Waals surface area contributed by atoms with Crippen molar-refractivity contribution in [1.82, 2.24) is 15.5 Å². The number of halogens is 1. The summed E-state index contributed by atoms with van der Waals surface area (Å²) >= 11 is 0. The monoisotopic (exact) mass is 413 g/mol. The summed E-state index contributed by atoms with van der Waals surface area (Å²) in [5.74, 6) is 1.45. The second-order valence-corrected chi connectivity index (χ2v) is 7.36. The fraction of sp³-hybridized carbons (Fsp3) is 0.435. The molecule has 0 spiro atoms. The molecule has 0 amide bonds. The molecule has 0 bridgehead atoms. The molecule has 7 heteroatoms. The zero-order chi connectivity index (χ0) is 21.2. The quantitative estimate of drug-likeness (QED) is 0.396. The van der Waals surface area contributed by atoms with E-state index in [4.69, 9.17) is 4.74 Å². The Balaban J connectivity index is 1.31. The van der Waals surface area contributed by atoms with Gasteiger partial charge in [-0.1, -0.05) is 12.1 Å². The normalized spacial score (nSPS) is 15.2. The van der Waals surface area contributed by atoms with Gasteiger partial charge in [0, 0.05) is 52.0 Å². The number of nitrogens with zero attached hydrogens (tertiary/aromatic N) is 3. The standard InChI is InChI=1S/C23H32FN5O/c1-25-23(27-18-19-4-6-20(24)7-5-19)26-12-3-13-28-14-16-29(17-15-28)21-8-10-22(30-2)11-9-21/h4-11H,3,12-18H2,1-2H3,(H2,25,26,27). The highest BCUT2D eigenvalue weighted by Gasteiger charge is 2.16. The van der Waals surface area contributed by atoms with Crippen molar-refractivity contribution < 1.29 is 9.13 Å². The second kappa shape index (κ2) is 11.4. The van der Waals surface area contributed by atoms with Crippen LogP contribution < -0.4 is 20.3 Å². The van der Waals surface area contributed by atoms with Gasteiger partial charge in [-0.15, -0.1) is 0 Å². The minimum absolute atomic E-state index is 0.217. The van der Waals surface area contributed by atoms with Gasteiger partial charge in [-0.05, 0) is 54.9 Å². The lowest BCUT2D eigenvalue weighted by atomic mass is 10.2. The summed E-state index contributed by atoms with van der Waals surface area (Å²) in [6.07, 6.45) is 1.06. The maximum absolute atomic E-state index is 13.0. The van der Waals surface area contributed by atoms with E-state index >= 15 is 0 Å². The van der Waals surface area contributed by atoms with Gasteiger partial charge in [0.2, 0.25) is 0 Å². The van der Waals surface area contributed by atoms with Gasteiger partial charge < -0.3 is 20.3 Å². The van der Waals surface area contributed by atoms with E-state index in [2.05, 4.69) is 37.6 Å². The lowest BCUT2D eigenvalue weighted by molar-refractivity contribution is 0.255. The Bertz CT molecular complexity index is 786. The van der Waals surface area contributed by atoms with E-state index in [-0.39, 0.29) is 5.82 Å². The summed E-state index contributed by atoms with van der Waals surface area (Å²) in [6.45, 7) is 6.78. The highest BCUT2D eigenvalue weighted by molar-refractivity contribution is 5.79. The first kappa shape index (κ1) is 21.9. The molecule has 0 radical (unpaired) electrons. The number of benzene rings is 2. The molecule has 3 rings (SSSR count). The molecule has 1 fully saturated rings. The van der Waals surface area contributed by atoms with E-state index in [0.717, 1.165) is 63.0 Å². The fourth-order valence-corrected chi connectivity index (χ4v) is 3.54. The summed E-state index contributed by atoms with van der Waals surface area (Å²) in [5, 5.41) is 6.61. The van der Waals surface area contributed by atoms with Gasteiger partial charge in [0.1, 0.15) is 11.6 Å². The Labute approximate surface area is 178 Å². The van der Waals surface area contributed by atoms with E-state index in [1.165, 1.54) is 17.8 Å². The summed E-state index contributed by atoms with van der Waals surface area (Å²) < 4.78 is 18.2. The molecule has 30 heavy (non-hydrogen) atoms. The zero-order valence-corrected chi connectivity index (χ0v) is 17.9. The van der Waals surface area contributed by atoms with Gasteiger partial charge >= 0.3 is 0 Å². The van der Waals surface area contributed by atoms with Crippen molar-refractivity contribution in [2.24, 2.45) is 4.99 Å². The van der Waals surface area contributed by atoms with Crippen LogP contribution in [-0.2, 0) is 6.54 Å². The van der Waals surface area contributed by atoms with Gasteiger partial charge in [0.05, 0.1) is 7.11 Å². The third-order valence-corrected chi connectivity index (χ3v) is 5.35. The third kappa shape index (κ3) is 6.62. The molecule has 0 unspecified atom stereocenters. The topological polar surface area (TPSA) is 52.1 Å². The molecule has 6 nitrogen and oxygen atoms in total. The molecular weight excluding hydrogens is 381 g/mol. The molecule has 2 aromatic carbocycles. The fourth-order valence-electron chi connectivity index (χ4n) is 3.54. The van der Waals surface area contributed by atoms with E-state index in [9.17, 15) is 4.39 Å². The number of guanidine groups is 1. The smallest absolute Gasteiger partial charge is 0.191 e. The summed E-state index contributed by atoms with van der Waals surface area (Å²) in [7, 11) is 3.46. The minimum Gasteiger partial charge on any atom is -0.497 e. The van der Waals surface area contributed by atoms with Crippen LogP contribution in [0, 0.1) is 5.82 Å². The first-order valence-corrected chi connectivity index (χ1v) is 10.5. The average Bonchev–Trinajstić information content (AvgIpc) is 2.80. The van der Waals surface area contributed by atoms with Gasteiger partial charge in [0.15, 0.2) is 5.96 Å². The first-order valence-electron chi connectivity index (χ1n) is 10.5. The number of ether oxygens (including phenoxy) is 1. The predicted octanol–water partition coefficient (Wildman–Crippen LogP) is 2.71. The molecule has 1 heterocycles. The Kier molecular flexibility index (Phi) is 8.32. The summed E-state index contributed by atoms with van der Waals surface area (Å²) in [4.78, 5) is 9.19. The van der Waals surface area contributed by atoms with E-state index < -0.39 is 0 Å². The van der Waals surface area contributed by atoms with Crippen LogP contribution in [-0.4, -0.2) is 64.3 Å². The average molecular weight is 414 g/mol. The lowest BCUT2D eigenvalue weighted by Crippen LogP contribution is -2.47. The predicted molar refractivity (Wildman–Crippen MR) is 121 cm³/mol. The van der Waals surface area contributed by atoms with Crippen LogP contribution in [0.3, 0.4) is 0 Å². The number of anilines is 1. The Morgan fingerprint density at radius 1 is 1.00 bits per heavy atom. The number of hydrogen-bond acceptors (Lipinski definition) is 4. The molecule has 1 aliphatic heterocycles. The number of nitrogens with one attached hydrogen (secondary N) is 2. The Hall–Kier alpha value is -2.80. The van der Waals surface area contributed by atoms with Crippen molar-refractivity contribution in [1.29, 1.82) is 0 Å². The highest BCUT2D eigenvalue weighted by Crippen LogP contribution is 2.20. The molecule has 2 N–H and O–H groups in total. The highest BCUT2D eigenvalue weighted by atomic mass is 19.1. The van der Waals surface area contributed by atoms with Crippen molar-refractivity contribution in [2.75, 3.05) is 58.3 Å². The van der Waals surface area contributed by atoms with Crippen LogP contribution in [0.4, 0.5) is 10.1 Å². The molecule has 162 valence electrons. The third-order valence-electron chi connectivity index (χ3n) is 5.35. The SMILES string of the molecule is CN=C(NCCCN1CCN(c2ccc(OC)cc2)CC1)NCc1ccc(F)cc1. The van der Waals surface area contributed by atoms with Crippen molar-refractivity contribution in [3.05, 3.63) is 59.9 Å². The van der Waals surface area contributed by atoms with Crippen LogP contribution in [0.15, 0.2) is 53.5 Å². The Morgan fingerprint density at radius 2 is 1.70 bits per heavy atom. The molecule has 0 atom stereocenters. The number of aliphatic imine (C=N–C) groups is 1. The van der Waals surface area contributed by atoms with Gasteiger partial charge in [-0.2, -0.15) is 0 Å². The molecule has 1 saturated heterocycles. The summed E-state index contributed by atoms with van der Waals surface area (Å²) in [6, 6.07) is 14.8. The molecule has 0 saturated carbocycles. The van der Waals surface area contributed by atoms with Crippen molar-refractivity contribution in [3.8, 4) is 5.75 Å².